The standard InChI is InChI=1S/C14H23N3O/c1-3-14(4-2,17-9-5-6-10-17)13(18)12-11-15-7-8-16-12/h7-8,11,13,18H,3-6,9-10H2,1-2H3. The van der Waals surface area contributed by atoms with E-state index in [2.05, 4.69) is 28.7 Å². The van der Waals surface area contributed by atoms with Gasteiger partial charge in [-0.05, 0) is 38.8 Å². The van der Waals surface area contributed by atoms with E-state index in [1.54, 1.807) is 18.6 Å². The van der Waals surface area contributed by atoms with Crippen molar-refractivity contribution in [2.45, 2.75) is 51.2 Å². The minimum Gasteiger partial charge on any atom is -0.385 e. The molecule has 1 aromatic heterocycles. The van der Waals surface area contributed by atoms with E-state index >= 15 is 0 Å². The normalized spacial score (nSPS) is 19.1. The predicted octanol–water partition coefficient (Wildman–Crippen LogP) is 2.16. The molecule has 0 spiro atoms. The van der Waals surface area contributed by atoms with E-state index in [0.29, 0.717) is 5.69 Å². The van der Waals surface area contributed by atoms with E-state index in [1.807, 2.05) is 0 Å². The van der Waals surface area contributed by atoms with Gasteiger partial charge in [-0.25, -0.2) is 0 Å². The van der Waals surface area contributed by atoms with Crippen molar-refractivity contribution >= 4 is 0 Å². The molecule has 0 amide bonds. The Kier molecular flexibility index (Phi) is 4.30. The lowest BCUT2D eigenvalue weighted by Gasteiger charge is -2.44. The molecular weight excluding hydrogens is 226 g/mol. The van der Waals surface area contributed by atoms with E-state index < -0.39 is 6.10 Å². The van der Waals surface area contributed by atoms with Crippen LogP contribution in [-0.2, 0) is 0 Å². The molecule has 100 valence electrons. The van der Waals surface area contributed by atoms with Crippen molar-refractivity contribution in [2.75, 3.05) is 13.1 Å². The summed E-state index contributed by atoms with van der Waals surface area (Å²) < 4.78 is 0. The van der Waals surface area contributed by atoms with E-state index in [0.717, 1.165) is 25.9 Å². The van der Waals surface area contributed by atoms with Gasteiger partial charge in [-0.1, -0.05) is 13.8 Å². The largest absolute Gasteiger partial charge is 0.385 e. The third kappa shape index (κ3) is 2.27. The number of likely N-dealkylation sites (tertiary alicyclic amines) is 1. The van der Waals surface area contributed by atoms with Crippen molar-refractivity contribution in [3.05, 3.63) is 24.3 Å². The van der Waals surface area contributed by atoms with Crippen molar-refractivity contribution in [2.24, 2.45) is 0 Å². The smallest absolute Gasteiger partial charge is 0.116 e. The first-order valence-corrected chi connectivity index (χ1v) is 6.93. The molecule has 0 radical (unpaired) electrons. The average molecular weight is 249 g/mol. The lowest BCUT2D eigenvalue weighted by Crippen LogP contribution is -2.51. The molecule has 1 aliphatic rings. The maximum absolute atomic E-state index is 10.7. The van der Waals surface area contributed by atoms with Gasteiger partial charge in [0.15, 0.2) is 0 Å². The van der Waals surface area contributed by atoms with Gasteiger partial charge < -0.3 is 5.11 Å². The monoisotopic (exact) mass is 249 g/mol. The Labute approximate surface area is 109 Å². The number of aliphatic hydroxyl groups is 1. The van der Waals surface area contributed by atoms with Crippen LogP contribution in [0.25, 0.3) is 0 Å². The Hall–Kier alpha value is -1.00. The quantitative estimate of drug-likeness (QED) is 0.869. The van der Waals surface area contributed by atoms with Gasteiger partial charge in [0.05, 0.1) is 17.4 Å². The fourth-order valence-electron chi connectivity index (χ4n) is 3.15. The Balaban J connectivity index is 2.28. The van der Waals surface area contributed by atoms with Crippen molar-refractivity contribution in [1.29, 1.82) is 0 Å². The number of aliphatic hydroxyl groups excluding tert-OH is 1. The van der Waals surface area contributed by atoms with Crippen LogP contribution in [0, 0.1) is 0 Å². The highest BCUT2D eigenvalue weighted by molar-refractivity contribution is 5.10. The first kappa shape index (κ1) is 13.4. The lowest BCUT2D eigenvalue weighted by atomic mass is 9.83. The number of hydrogen-bond acceptors (Lipinski definition) is 4. The first-order valence-electron chi connectivity index (χ1n) is 6.93. The van der Waals surface area contributed by atoms with Crippen LogP contribution in [-0.4, -0.2) is 38.6 Å². The Morgan fingerprint density at radius 2 is 1.94 bits per heavy atom. The second-order valence-corrected chi connectivity index (χ2v) is 5.04. The van der Waals surface area contributed by atoms with Crippen LogP contribution in [0.15, 0.2) is 18.6 Å². The topological polar surface area (TPSA) is 49.3 Å². The molecule has 0 saturated carbocycles. The number of nitrogens with zero attached hydrogens (tertiary/aromatic N) is 3. The molecule has 0 aliphatic carbocycles. The predicted molar refractivity (Wildman–Crippen MR) is 71.1 cm³/mol. The summed E-state index contributed by atoms with van der Waals surface area (Å²) in [7, 11) is 0. The fraction of sp³-hybridized carbons (Fsp3) is 0.714. The zero-order valence-corrected chi connectivity index (χ0v) is 11.3. The molecule has 0 bridgehead atoms. The van der Waals surface area contributed by atoms with Crippen LogP contribution >= 0.6 is 0 Å². The molecule has 1 unspecified atom stereocenters. The SMILES string of the molecule is CCC(CC)(C(O)c1cnccn1)N1CCCC1. The zero-order valence-electron chi connectivity index (χ0n) is 11.3. The Morgan fingerprint density at radius 3 is 2.44 bits per heavy atom. The maximum Gasteiger partial charge on any atom is 0.116 e. The Morgan fingerprint density at radius 1 is 1.28 bits per heavy atom. The minimum atomic E-state index is -0.556. The van der Waals surface area contributed by atoms with Crippen LogP contribution < -0.4 is 0 Å². The van der Waals surface area contributed by atoms with Gasteiger partial charge in [0.2, 0.25) is 0 Å². The molecule has 2 heterocycles. The molecule has 1 fully saturated rings. The zero-order chi connectivity index (χ0) is 13.0. The van der Waals surface area contributed by atoms with Gasteiger partial charge in [-0.2, -0.15) is 0 Å². The van der Waals surface area contributed by atoms with Gasteiger partial charge in [0.1, 0.15) is 6.10 Å². The summed E-state index contributed by atoms with van der Waals surface area (Å²) in [5.41, 5.74) is 0.500. The van der Waals surface area contributed by atoms with Gasteiger partial charge in [-0.15, -0.1) is 0 Å². The molecule has 4 nitrogen and oxygen atoms in total. The van der Waals surface area contributed by atoms with Crippen LogP contribution in [0.3, 0.4) is 0 Å². The highest BCUT2D eigenvalue weighted by Crippen LogP contribution is 2.38. The Bertz CT molecular complexity index is 359. The van der Waals surface area contributed by atoms with Crippen LogP contribution in [0.1, 0.15) is 51.3 Å². The summed E-state index contributed by atoms with van der Waals surface area (Å²) in [5, 5.41) is 10.7. The highest BCUT2D eigenvalue weighted by atomic mass is 16.3. The molecule has 18 heavy (non-hydrogen) atoms. The molecule has 0 aromatic carbocycles. The molecule has 1 saturated heterocycles. The van der Waals surface area contributed by atoms with Crippen molar-refractivity contribution in [1.82, 2.24) is 14.9 Å². The molecule has 1 N–H and O–H groups in total. The van der Waals surface area contributed by atoms with E-state index in [9.17, 15) is 5.11 Å². The molecule has 4 heteroatoms. The first-order chi connectivity index (χ1) is 8.74. The highest BCUT2D eigenvalue weighted by Gasteiger charge is 2.42. The van der Waals surface area contributed by atoms with Crippen molar-refractivity contribution < 1.29 is 5.11 Å². The number of hydrogen-bond donors (Lipinski definition) is 1. The van der Waals surface area contributed by atoms with E-state index in [1.165, 1.54) is 12.8 Å². The van der Waals surface area contributed by atoms with Crippen LogP contribution in [0.2, 0.25) is 0 Å². The number of rotatable bonds is 5. The summed E-state index contributed by atoms with van der Waals surface area (Å²) in [6.07, 6.45) is 8.75. The number of aromatic nitrogens is 2. The van der Waals surface area contributed by atoms with Gasteiger partial charge >= 0.3 is 0 Å². The second-order valence-electron chi connectivity index (χ2n) is 5.04. The molecule has 1 aromatic rings. The summed E-state index contributed by atoms with van der Waals surface area (Å²) in [6, 6.07) is 0. The second kappa shape index (κ2) is 5.76. The lowest BCUT2D eigenvalue weighted by molar-refractivity contribution is -0.0318. The molecular formula is C14H23N3O. The third-order valence-electron chi connectivity index (χ3n) is 4.33. The maximum atomic E-state index is 10.7. The van der Waals surface area contributed by atoms with Gasteiger partial charge in [0, 0.05) is 12.4 Å². The van der Waals surface area contributed by atoms with Gasteiger partial charge in [-0.3, -0.25) is 14.9 Å². The molecule has 2 rings (SSSR count). The third-order valence-corrected chi connectivity index (χ3v) is 4.33. The summed E-state index contributed by atoms with van der Waals surface area (Å²) in [4.78, 5) is 10.8. The summed E-state index contributed by atoms with van der Waals surface area (Å²) >= 11 is 0. The fourth-order valence-corrected chi connectivity index (χ4v) is 3.15. The van der Waals surface area contributed by atoms with Crippen molar-refractivity contribution in [3.8, 4) is 0 Å². The van der Waals surface area contributed by atoms with E-state index in [4.69, 9.17) is 0 Å². The summed E-state index contributed by atoms with van der Waals surface area (Å²) in [5.74, 6) is 0. The van der Waals surface area contributed by atoms with Crippen molar-refractivity contribution in [3.63, 3.8) is 0 Å². The molecule has 1 atom stereocenters. The average Bonchev–Trinajstić information content (AvgIpc) is 2.96. The molecule has 1 aliphatic heterocycles. The van der Waals surface area contributed by atoms with E-state index in [-0.39, 0.29) is 5.54 Å². The summed E-state index contributed by atoms with van der Waals surface area (Å²) in [6.45, 7) is 6.47. The van der Waals surface area contributed by atoms with Gasteiger partial charge in [0.25, 0.3) is 0 Å². The van der Waals surface area contributed by atoms with Crippen LogP contribution in [0.4, 0.5) is 0 Å². The van der Waals surface area contributed by atoms with Crippen LogP contribution in [0.5, 0.6) is 0 Å². The minimum absolute atomic E-state index is 0.188.